The average Bonchev–Trinajstić information content (AvgIpc) is 2.34. The molecule has 0 aromatic rings. The van der Waals surface area contributed by atoms with Gasteiger partial charge in [-0.05, 0) is 6.92 Å². The second kappa shape index (κ2) is 7.25. The number of carbonyl (C=O) groups excluding carboxylic acids is 1. The van der Waals surface area contributed by atoms with Gasteiger partial charge in [0.1, 0.15) is 0 Å². The van der Waals surface area contributed by atoms with Gasteiger partial charge in [-0.3, -0.25) is 9.69 Å². The molecule has 1 atom stereocenters. The minimum absolute atomic E-state index is 0.110. The zero-order chi connectivity index (χ0) is 12.7. The molecule has 1 heterocycles. The SMILES string of the molecule is CC1COCCN1CCC(=O)N(C)CCC#N. The first kappa shape index (κ1) is 13.9. The lowest BCUT2D eigenvalue weighted by molar-refractivity contribution is -0.130. The van der Waals surface area contributed by atoms with Gasteiger partial charge >= 0.3 is 0 Å². The van der Waals surface area contributed by atoms with E-state index in [9.17, 15) is 4.79 Å². The van der Waals surface area contributed by atoms with Gasteiger partial charge in [-0.25, -0.2) is 0 Å². The zero-order valence-electron chi connectivity index (χ0n) is 10.7. The summed E-state index contributed by atoms with van der Waals surface area (Å²) in [5.74, 6) is 0.110. The molecular formula is C12H21N3O2. The van der Waals surface area contributed by atoms with Crippen LogP contribution in [0.5, 0.6) is 0 Å². The third kappa shape index (κ3) is 4.72. The number of nitriles is 1. The number of ether oxygens (including phenoxy) is 1. The molecule has 1 unspecified atom stereocenters. The Morgan fingerprint density at radius 3 is 3.06 bits per heavy atom. The number of rotatable bonds is 5. The van der Waals surface area contributed by atoms with Gasteiger partial charge in [0.25, 0.3) is 0 Å². The van der Waals surface area contributed by atoms with Crippen molar-refractivity contribution in [3.8, 4) is 6.07 Å². The number of hydrogen-bond donors (Lipinski definition) is 0. The molecular weight excluding hydrogens is 218 g/mol. The van der Waals surface area contributed by atoms with Crippen LogP contribution in [0.3, 0.4) is 0 Å². The molecule has 1 aliphatic rings. The maximum atomic E-state index is 11.8. The lowest BCUT2D eigenvalue weighted by Crippen LogP contribution is -2.45. The molecule has 1 aliphatic heterocycles. The van der Waals surface area contributed by atoms with E-state index in [1.165, 1.54) is 0 Å². The van der Waals surface area contributed by atoms with Crippen molar-refractivity contribution in [3.05, 3.63) is 0 Å². The fraction of sp³-hybridized carbons (Fsp3) is 0.833. The largest absolute Gasteiger partial charge is 0.379 e. The van der Waals surface area contributed by atoms with Crippen LogP contribution in [0.4, 0.5) is 0 Å². The van der Waals surface area contributed by atoms with E-state index < -0.39 is 0 Å². The Morgan fingerprint density at radius 2 is 2.41 bits per heavy atom. The number of hydrogen-bond acceptors (Lipinski definition) is 4. The van der Waals surface area contributed by atoms with E-state index in [4.69, 9.17) is 10.00 Å². The topological polar surface area (TPSA) is 56.6 Å². The van der Waals surface area contributed by atoms with Crippen molar-refractivity contribution >= 4 is 5.91 Å². The fourth-order valence-electron chi connectivity index (χ4n) is 1.87. The van der Waals surface area contributed by atoms with E-state index in [2.05, 4.69) is 11.8 Å². The molecule has 0 aliphatic carbocycles. The van der Waals surface area contributed by atoms with Crippen LogP contribution in [-0.4, -0.2) is 61.6 Å². The first-order chi connectivity index (χ1) is 8.15. The molecule has 96 valence electrons. The van der Waals surface area contributed by atoms with E-state index >= 15 is 0 Å². The molecule has 0 spiro atoms. The average molecular weight is 239 g/mol. The zero-order valence-corrected chi connectivity index (χ0v) is 10.7. The summed E-state index contributed by atoms with van der Waals surface area (Å²) in [6, 6.07) is 2.43. The Bertz CT molecular complexity index is 288. The summed E-state index contributed by atoms with van der Waals surface area (Å²) in [6.45, 7) is 5.81. The number of amides is 1. The molecule has 1 saturated heterocycles. The standard InChI is InChI=1S/C12H21N3O2/c1-11-10-17-9-8-15(11)7-4-12(16)14(2)6-3-5-13/h11H,3-4,6-10H2,1-2H3. The highest BCUT2D eigenvalue weighted by molar-refractivity contribution is 5.76. The molecule has 0 radical (unpaired) electrons. The summed E-state index contributed by atoms with van der Waals surface area (Å²) in [4.78, 5) is 15.7. The normalized spacial score (nSPS) is 20.9. The third-order valence-electron chi connectivity index (χ3n) is 3.10. The van der Waals surface area contributed by atoms with Crippen LogP contribution in [0.2, 0.25) is 0 Å². The summed E-state index contributed by atoms with van der Waals surface area (Å²) in [6.07, 6.45) is 0.919. The predicted molar refractivity (Wildman–Crippen MR) is 64.3 cm³/mol. The van der Waals surface area contributed by atoms with E-state index in [0.29, 0.717) is 25.4 Å². The Kier molecular flexibility index (Phi) is 5.95. The molecule has 1 rings (SSSR count). The summed E-state index contributed by atoms with van der Waals surface area (Å²) in [5, 5.41) is 8.46. The van der Waals surface area contributed by atoms with Crippen LogP contribution in [0.15, 0.2) is 0 Å². The van der Waals surface area contributed by atoms with Gasteiger partial charge in [-0.1, -0.05) is 0 Å². The molecule has 5 heteroatoms. The maximum Gasteiger partial charge on any atom is 0.223 e. The van der Waals surface area contributed by atoms with Gasteiger partial charge in [0.05, 0.1) is 25.7 Å². The van der Waals surface area contributed by atoms with Gasteiger partial charge in [-0.15, -0.1) is 0 Å². The molecule has 0 aromatic carbocycles. The monoisotopic (exact) mass is 239 g/mol. The quantitative estimate of drug-likeness (QED) is 0.700. The molecule has 0 saturated carbocycles. The van der Waals surface area contributed by atoms with Gasteiger partial charge < -0.3 is 9.64 Å². The second-order valence-corrected chi connectivity index (χ2v) is 4.43. The van der Waals surface area contributed by atoms with Crippen LogP contribution >= 0.6 is 0 Å². The van der Waals surface area contributed by atoms with Crippen LogP contribution in [0.25, 0.3) is 0 Å². The maximum absolute atomic E-state index is 11.8. The molecule has 17 heavy (non-hydrogen) atoms. The van der Waals surface area contributed by atoms with Crippen LogP contribution in [0.1, 0.15) is 19.8 Å². The van der Waals surface area contributed by atoms with E-state index in [0.717, 1.165) is 26.3 Å². The highest BCUT2D eigenvalue weighted by Gasteiger charge is 2.19. The molecule has 1 amide bonds. The van der Waals surface area contributed by atoms with Crippen molar-refractivity contribution in [2.45, 2.75) is 25.8 Å². The first-order valence-electron chi connectivity index (χ1n) is 6.08. The predicted octanol–water partition coefficient (Wildman–Crippen LogP) is 0.469. The summed E-state index contributed by atoms with van der Waals surface area (Å²) in [7, 11) is 1.75. The van der Waals surface area contributed by atoms with E-state index in [1.54, 1.807) is 11.9 Å². The molecule has 5 nitrogen and oxygen atoms in total. The van der Waals surface area contributed by atoms with Crippen molar-refractivity contribution in [2.75, 3.05) is 39.9 Å². The van der Waals surface area contributed by atoms with E-state index in [-0.39, 0.29) is 5.91 Å². The van der Waals surface area contributed by atoms with Crippen LogP contribution in [0, 0.1) is 11.3 Å². The van der Waals surface area contributed by atoms with Crippen molar-refractivity contribution in [2.24, 2.45) is 0 Å². The van der Waals surface area contributed by atoms with Crippen molar-refractivity contribution in [3.63, 3.8) is 0 Å². The molecule has 1 fully saturated rings. The van der Waals surface area contributed by atoms with Crippen molar-refractivity contribution in [1.29, 1.82) is 5.26 Å². The summed E-state index contributed by atoms with van der Waals surface area (Å²) < 4.78 is 5.35. The highest BCUT2D eigenvalue weighted by Crippen LogP contribution is 2.07. The number of carbonyl (C=O) groups is 1. The number of nitrogens with zero attached hydrogens (tertiary/aromatic N) is 3. The fourth-order valence-corrected chi connectivity index (χ4v) is 1.87. The minimum Gasteiger partial charge on any atom is -0.379 e. The van der Waals surface area contributed by atoms with Crippen molar-refractivity contribution < 1.29 is 9.53 Å². The lowest BCUT2D eigenvalue weighted by atomic mass is 10.2. The second-order valence-electron chi connectivity index (χ2n) is 4.43. The first-order valence-corrected chi connectivity index (χ1v) is 6.08. The van der Waals surface area contributed by atoms with Gasteiger partial charge in [-0.2, -0.15) is 5.26 Å². The Labute approximate surface area is 103 Å². The number of morpholine rings is 1. The van der Waals surface area contributed by atoms with Gasteiger partial charge in [0.2, 0.25) is 5.91 Å². The molecule has 0 bridgehead atoms. The van der Waals surface area contributed by atoms with Crippen molar-refractivity contribution in [1.82, 2.24) is 9.80 Å². The highest BCUT2D eigenvalue weighted by atomic mass is 16.5. The smallest absolute Gasteiger partial charge is 0.223 e. The Morgan fingerprint density at radius 1 is 1.65 bits per heavy atom. The van der Waals surface area contributed by atoms with Crippen LogP contribution in [-0.2, 0) is 9.53 Å². The summed E-state index contributed by atoms with van der Waals surface area (Å²) in [5.41, 5.74) is 0. The van der Waals surface area contributed by atoms with Gasteiger partial charge in [0.15, 0.2) is 0 Å². The van der Waals surface area contributed by atoms with Crippen LogP contribution < -0.4 is 0 Å². The Balaban J connectivity index is 2.24. The minimum atomic E-state index is 0.110. The molecule has 0 N–H and O–H groups in total. The van der Waals surface area contributed by atoms with Gasteiger partial charge in [0, 0.05) is 39.1 Å². The van der Waals surface area contributed by atoms with E-state index in [1.807, 2.05) is 6.07 Å². The third-order valence-corrected chi connectivity index (χ3v) is 3.10. The summed E-state index contributed by atoms with van der Waals surface area (Å²) >= 11 is 0. The lowest BCUT2D eigenvalue weighted by Gasteiger charge is -2.33. The molecule has 0 aromatic heterocycles. The Hall–Kier alpha value is -1.12.